The molecule has 2 aromatic carbocycles. The first-order valence-corrected chi connectivity index (χ1v) is 13.4. The Morgan fingerprint density at radius 1 is 1.00 bits per heavy atom. The Bertz CT molecular complexity index is 1720. The molecule has 3 aromatic rings. The predicted molar refractivity (Wildman–Crippen MR) is 145 cm³/mol. The zero-order valence-corrected chi connectivity index (χ0v) is 22.5. The van der Waals surface area contributed by atoms with Crippen molar-refractivity contribution >= 4 is 40.3 Å². The summed E-state index contributed by atoms with van der Waals surface area (Å²) in [6.07, 6.45) is 2.33. The minimum atomic E-state index is -2.23. The fraction of sp³-hybridized carbons (Fsp3) is 0.310. The van der Waals surface area contributed by atoms with Gasteiger partial charge in [0.1, 0.15) is 5.82 Å². The molecule has 3 aliphatic rings. The number of hydrogen-bond acceptors (Lipinski definition) is 9. The number of esters is 2. The summed E-state index contributed by atoms with van der Waals surface area (Å²) in [5, 5.41) is 7.63. The lowest BCUT2D eigenvalue weighted by Gasteiger charge is -2.36. The number of aromatic nitrogens is 2. The number of fused-ring (bicyclic) bond motifs is 2. The zero-order valence-electron chi connectivity index (χ0n) is 22.5. The Kier molecular flexibility index (Phi) is 6.81. The van der Waals surface area contributed by atoms with Gasteiger partial charge in [-0.15, -0.1) is 0 Å². The molecule has 2 fully saturated rings. The van der Waals surface area contributed by atoms with Crippen LogP contribution in [0.2, 0.25) is 0 Å². The molecule has 4 heterocycles. The molecular weight excluding hydrogens is 549 g/mol. The van der Waals surface area contributed by atoms with E-state index in [4.69, 9.17) is 9.47 Å². The molecule has 12 nitrogen and oxygen atoms in total. The van der Waals surface area contributed by atoms with Crippen LogP contribution in [0.4, 0.5) is 14.9 Å². The highest BCUT2D eigenvalue weighted by Crippen LogP contribution is 2.38. The Labute approximate surface area is 238 Å². The Balaban J connectivity index is 1.39. The molecule has 3 aliphatic heterocycles. The maximum Gasteiger partial charge on any atom is 0.338 e. The van der Waals surface area contributed by atoms with Gasteiger partial charge in [-0.3, -0.25) is 14.5 Å². The smallest absolute Gasteiger partial charge is 0.338 e. The lowest BCUT2D eigenvalue weighted by Crippen LogP contribution is -2.58. The number of hydrogen-bond donors (Lipinski definition) is 1. The molecule has 2 saturated heterocycles. The molecule has 1 N–H and O–H groups in total. The predicted octanol–water partition coefficient (Wildman–Crippen LogP) is 2.22. The van der Waals surface area contributed by atoms with Crippen LogP contribution < -0.4 is 10.5 Å². The van der Waals surface area contributed by atoms with Crippen molar-refractivity contribution in [3.05, 3.63) is 82.0 Å². The lowest BCUT2D eigenvalue weighted by atomic mass is 10.0. The minimum Gasteiger partial charge on any atom is -0.437 e. The highest BCUT2D eigenvalue weighted by molar-refractivity contribution is 6.23. The molecule has 216 valence electrons. The summed E-state index contributed by atoms with van der Waals surface area (Å²) < 4.78 is 26.4. The van der Waals surface area contributed by atoms with E-state index in [1.807, 2.05) is 4.90 Å². The molecule has 0 spiro atoms. The first-order valence-electron chi connectivity index (χ1n) is 13.4. The van der Waals surface area contributed by atoms with Gasteiger partial charge in [0, 0.05) is 30.9 Å². The number of likely N-dealkylation sites (tertiary alicyclic amines) is 1. The number of nitrogens with zero attached hydrogens (tertiary/aromatic N) is 4. The summed E-state index contributed by atoms with van der Waals surface area (Å²) >= 11 is 0. The van der Waals surface area contributed by atoms with Crippen molar-refractivity contribution in [3.8, 4) is 0 Å². The number of carbonyl (C=O) groups is 4. The van der Waals surface area contributed by atoms with Gasteiger partial charge in [0.15, 0.2) is 6.23 Å². The van der Waals surface area contributed by atoms with Crippen molar-refractivity contribution < 1.29 is 33.0 Å². The minimum absolute atomic E-state index is 0.0626. The van der Waals surface area contributed by atoms with Crippen LogP contribution in [0.1, 0.15) is 31.0 Å². The number of benzene rings is 2. The number of rotatable bonds is 5. The summed E-state index contributed by atoms with van der Waals surface area (Å²) in [6, 6.07) is 9.77. The van der Waals surface area contributed by atoms with Crippen LogP contribution in [-0.4, -0.2) is 75.5 Å². The van der Waals surface area contributed by atoms with Gasteiger partial charge in [0.25, 0.3) is 11.3 Å². The van der Waals surface area contributed by atoms with E-state index in [1.165, 1.54) is 19.1 Å². The molecule has 3 amide bonds. The fourth-order valence-electron chi connectivity index (χ4n) is 5.63. The first kappa shape index (κ1) is 27.3. The van der Waals surface area contributed by atoms with E-state index in [-0.39, 0.29) is 24.2 Å². The molecule has 2 atom stereocenters. The van der Waals surface area contributed by atoms with Crippen molar-refractivity contribution in [1.29, 1.82) is 0 Å². The van der Waals surface area contributed by atoms with E-state index < -0.39 is 41.6 Å². The summed E-state index contributed by atoms with van der Waals surface area (Å²) in [7, 11) is 0. The topological polar surface area (TPSA) is 142 Å². The van der Waals surface area contributed by atoms with E-state index in [1.54, 1.807) is 24.3 Å². The number of nitrogens with one attached hydrogen (secondary N) is 1. The first-order chi connectivity index (χ1) is 20.2. The average Bonchev–Trinajstić information content (AvgIpc) is 3.54. The highest BCUT2D eigenvalue weighted by Gasteiger charge is 2.62. The number of ether oxygens (including phenoxy) is 2. The Morgan fingerprint density at radius 3 is 2.48 bits per heavy atom. The van der Waals surface area contributed by atoms with Crippen molar-refractivity contribution in [3.63, 3.8) is 0 Å². The number of cyclic esters (lactones) is 1. The van der Waals surface area contributed by atoms with Gasteiger partial charge in [-0.1, -0.05) is 24.3 Å². The number of carbonyl (C=O) groups excluding carboxylic acids is 4. The second kappa shape index (κ2) is 10.5. The Morgan fingerprint density at radius 2 is 1.71 bits per heavy atom. The number of amides is 3. The van der Waals surface area contributed by atoms with Gasteiger partial charge in [0.2, 0.25) is 0 Å². The SMILES string of the molecule is CC12OC(=O)/C=C/C(=O)OC(CN3CCCC3)N1C(=O)N(c1cc(Cc3n[nH]c(=O)c4ccccc34)ccc1F)C2=O. The van der Waals surface area contributed by atoms with Gasteiger partial charge in [0.05, 0.1) is 23.3 Å². The zero-order chi connectivity index (χ0) is 29.6. The fourth-order valence-corrected chi connectivity index (χ4v) is 5.63. The third-order valence-corrected chi connectivity index (χ3v) is 7.66. The summed E-state index contributed by atoms with van der Waals surface area (Å²) in [5.41, 5.74) is -1.98. The van der Waals surface area contributed by atoms with E-state index in [9.17, 15) is 24.0 Å². The van der Waals surface area contributed by atoms with Crippen LogP contribution in [0.5, 0.6) is 0 Å². The molecule has 2 unspecified atom stereocenters. The lowest BCUT2D eigenvalue weighted by molar-refractivity contribution is -0.190. The van der Waals surface area contributed by atoms with Crippen LogP contribution in [0, 0.1) is 5.82 Å². The normalized spacial score (nSPS) is 23.8. The largest absolute Gasteiger partial charge is 0.437 e. The van der Waals surface area contributed by atoms with Gasteiger partial charge in [-0.2, -0.15) is 5.10 Å². The maximum atomic E-state index is 15.4. The van der Waals surface area contributed by atoms with Gasteiger partial charge < -0.3 is 9.47 Å². The average molecular weight is 576 g/mol. The molecule has 42 heavy (non-hydrogen) atoms. The van der Waals surface area contributed by atoms with Gasteiger partial charge in [-0.25, -0.2) is 33.7 Å². The molecule has 0 bridgehead atoms. The molecule has 0 radical (unpaired) electrons. The summed E-state index contributed by atoms with van der Waals surface area (Å²) in [6.45, 7) is 2.65. The molecular formula is C29H26FN5O7. The monoisotopic (exact) mass is 575 g/mol. The van der Waals surface area contributed by atoms with E-state index in [0.29, 0.717) is 40.0 Å². The standard InChI is InChI=1S/C29H26FN5O7/c1-29-27(39)34(28(40)35(29)23(16-33-12-4-5-13-33)41-24(36)10-11-25(37)42-29)22-15-17(8-9-20(22)30)14-21-18-6-2-3-7-19(18)26(38)32-31-21/h2-3,6-11,15,23H,4-5,12-14,16H2,1H3,(H,32,38)/b11-10+. The number of anilines is 1. The quantitative estimate of drug-likeness (QED) is 0.358. The second-order valence-corrected chi connectivity index (χ2v) is 10.4. The highest BCUT2D eigenvalue weighted by atomic mass is 19.1. The molecule has 6 rings (SSSR count). The number of imide groups is 1. The van der Waals surface area contributed by atoms with Gasteiger partial charge >= 0.3 is 23.9 Å². The maximum absolute atomic E-state index is 15.4. The number of urea groups is 1. The third kappa shape index (κ3) is 4.71. The van der Waals surface area contributed by atoms with Crippen molar-refractivity contribution in [1.82, 2.24) is 20.0 Å². The molecule has 1 aromatic heterocycles. The Hall–Kier alpha value is -4.91. The summed E-state index contributed by atoms with van der Waals surface area (Å²) in [4.78, 5) is 68.5. The van der Waals surface area contributed by atoms with E-state index >= 15 is 4.39 Å². The van der Waals surface area contributed by atoms with Gasteiger partial charge in [-0.05, 0) is 49.7 Å². The van der Waals surface area contributed by atoms with Crippen molar-refractivity contribution in [2.75, 3.05) is 24.5 Å². The van der Waals surface area contributed by atoms with Crippen LogP contribution in [-0.2, 0) is 30.3 Å². The molecule has 0 saturated carbocycles. The number of aromatic amines is 1. The van der Waals surface area contributed by atoms with E-state index in [2.05, 4.69) is 10.2 Å². The summed E-state index contributed by atoms with van der Waals surface area (Å²) in [5.74, 6) is -3.85. The molecule has 13 heteroatoms. The van der Waals surface area contributed by atoms with Crippen LogP contribution >= 0.6 is 0 Å². The van der Waals surface area contributed by atoms with Crippen molar-refractivity contribution in [2.24, 2.45) is 0 Å². The van der Waals surface area contributed by atoms with E-state index in [0.717, 1.165) is 36.0 Å². The van der Waals surface area contributed by atoms with Crippen LogP contribution in [0.25, 0.3) is 10.8 Å². The number of halogens is 1. The number of H-pyrrole nitrogens is 1. The molecule has 0 aliphatic carbocycles. The van der Waals surface area contributed by atoms with Crippen LogP contribution in [0.3, 0.4) is 0 Å². The van der Waals surface area contributed by atoms with Crippen molar-refractivity contribution in [2.45, 2.75) is 38.1 Å². The third-order valence-electron chi connectivity index (χ3n) is 7.66. The second-order valence-electron chi connectivity index (χ2n) is 10.4. The van der Waals surface area contributed by atoms with Crippen LogP contribution in [0.15, 0.2) is 59.4 Å².